The highest BCUT2D eigenvalue weighted by Crippen LogP contribution is 2.24. The first-order chi connectivity index (χ1) is 8.90. The molecule has 0 saturated heterocycles. The van der Waals surface area contributed by atoms with E-state index in [9.17, 15) is 18.0 Å². The van der Waals surface area contributed by atoms with Gasteiger partial charge in [-0.05, 0) is 19.1 Å². The summed E-state index contributed by atoms with van der Waals surface area (Å²) in [5.74, 6) is -4.31. The molecule has 0 aliphatic heterocycles. The summed E-state index contributed by atoms with van der Waals surface area (Å²) in [6.07, 6.45) is 0. The second kappa shape index (κ2) is 5.17. The summed E-state index contributed by atoms with van der Waals surface area (Å²) in [5, 5.41) is 0. The number of ketones is 1. The largest absolute Gasteiger partial charge is 0.288 e. The maximum atomic E-state index is 13.6. The minimum atomic E-state index is -1.21. The standard InChI is InChI=1S/C14H8BrF3O/c1-7-2-3-10(15)9(4-7)14(19)13-11(17)5-8(16)6-12(13)18/h2-6H,1H3. The van der Waals surface area contributed by atoms with E-state index in [1.54, 1.807) is 19.1 Å². The molecule has 0 atom stereocenters. The average molecular weight is 329 g/mol. The number of aryl methyl sites for hydroxylation is 1. The van der Waals surface area contributed by atoms with E-state index in [0.29, 0.717) is 16.6 Å². The second-order valence-electron chi connectivity index (χ2n) is 4.06. The van der Waals surface area contributed by atoms with Gasteiger partial charge in [0, 0.05) is 22.2 Å². The van der Waals surface area contributed by atoms with E-state index in [1.807, 2.05) is 0 Å². The van der Waals surface area contributed by atoms with Gasteiger partial charge in [0.25, 0.3) is 0 Å². The minimum absolute atomic E-state index is 0.129. The summed E-state index contributed by atoms with van der Waals surface area (Å²) in [7, 11) is 0. The Kier molecular flexibility index (Phi) is 3.75. The van der Waals surface area contributed by atoms with E-state index in [2.05, 4.69) is 15.9 Å². The van der Waals surface area contributed by atoms with Crippen LogP contribution in [0.1, 0.15) is 21.5 Å². The Morgan fingerprint density at radius 3 is 2.21 bits per heavy atom. The van der Waals surface area contributed by atoms with Crippen LogP contribution in [0.15, 0.2) is 34.8 Å². The van der Waals surface area contributed by atoms with Crippen LogP contribution in [0.2, 0.25) is 0 Å². The summed E-state index contributed by atoms with van der Waals surface area (Å²) in [4.78, 5) is 12.1. The molecule has 0 aliphatic rings. The lowest BCUT2D eigenvalue weighted by Gasteiger charge is -2.07. The molecule has 0 radical (unpaired) electrons. The summed E-state index contributed by atoms with van der Waals surface area (Å²) in [6, 6.07) is 5.84. The normalized spacial score (nSPS) is 10.6. The van der Waals surface area contributed by atoms with Crippen molar-refractivity contribution in [1.29, 1.82) is 0 Å². The zero-order chi connectivity index (χ0) is 14.2. The number of halogens is 4. The molecule has 0 N–H and O–H groups in total. The molecular weight excluding hydrogens is 321 g/mol. The lowest BCUT2D eigenvalue weighted by atomic mass is 10.0. The molecular formula is C14H8BrF3O. The van der Waals surface area contributed by atoms with Crippen LogP contribution in [0, 0.1) is 24.4 Å². The van der Waals surface area contributed by atoms with E-state index in [-0.39, 0.29) is 5.56 Å². The lowest BCUT2D eigenvalue weighted by molar-refractivity contribution is 0.103. The Morgan fingerprint density at radius 2 is 1.63 bits per heavy atom. The van der Waals surface area contributed by atoms with Crippen molar-refractivity contribution >= 4 is 21.7 Å². The molecule has 0 fully saturated rings. The van der Waals surface area contributed by atoms with Gasteiger partial charge in [0.05, 0.1) is 5.56 Å². The molecule has 5 heteroatoms. The Balaban J connectivity index is 2.59. The number of hydrogen-bond acceptors (Lipinski definition) is 1. The van der Waals surface area contributed by atoms with Crippen molar-refractivity contribution in [2.24, 2.45) is 0 Å². The van der Waals surface area contributed by atoms with E-state index in [0.717, 1.165) is 5.56 Å². The predicted molar refractivity (Wildman–Crippen MR) is 68.6 cm³/mol. The van der Waals surface area contributed by atoms with Crippen LogP contribution in [-0.4, -0.2) is 5.78 Å². The number of hydrogen-bond donors (Lipinski definition) is 0. The quantitative estimate of drug-likeness (QED) is 0.746. The van der Waals surface area contributed by atoms with Gasteiger partial charge < -0.3 is 0 Å². The van der Waals surface area contributed by atoms with Crippen LogP contribution >= 0.6 is 15.9 Å². The molecule has 19 heavy (non-hydrogen) atoms. The second-order valence-corrected chi connectivity index (χ2v) is 4.91. The SMILES string of the molecule is Cc1ccc(Br)c(C(=O)c2c(F)cc(F)cc2F)c1. The minimum Gasteiger partial charge on any atom is -0.288 e. The van der Waals surface area contributed by atoms with Crippen molar-refractivity contribution in [2.75, 3.05) is 0 Å². The van der Waals surface area contributed by atoms with Crippen LogP contribution in [0.4, 0.5) is 13.2 Å². The molecule has 1 nitrogen and oxygen atoms in total. The van der Waals surface area contributed by atoms with Gasteiger partial charge in [0.15, 0.2) is 5.78 Å². The van der Waals surface area contributed by atoms with Crippen molar-refractivity contribution in [3.05, 3.63) is 68.9 Å². The fourth-order valence-corrected chi connectivity index (χ4v) is 2.13. The molecule has 0 aliphatic carbocycles. The molecule has 0 aromatic heterocycles. The number of carbonyl (C=O) groups excluding carboxylic acids is 1. The van der Waals surface area contributed by atoms with Gasteiger partial charge >= 0.3 is 0 Å². The number of rotatable bonds is 2. The van der Waals surface area contributed by atoms with Crippen molar-refractivity contribution in [1.82, 2.24) is 0 Å². The van der Waals surface area contributed by atoms with Crippen molar-refractivity contribution < 1.29 is 18.0 Å². The van der Waals surface area contributed by atoms with E-state index in [1.165, 1.54) is 6.07 Å². The van der Waals surface area contributed by atoms with Gasteiger partial charge in [-0.25, -0.2) is 13.2 Å². The third kappa shape index (κ3) is 2.71. The molecule has 2 aromatic rings. The zero-order valence-electron chi connectivity index (χ0n) is 9.81. The Morgan fingerprint density at radius 1 is 1.05 bits per heavy atom. The van der Waals surface area contributed by atoms with Crippen molar-refractivity contribution in [3.8, 4) is 0 Å². The fraction of sp³-hybridized carbons (Fsp3) is 0.0714. The van der Waals surface area contributed by atoms with Crippen LogP contribution in [0.5, 0.6) is 0 Å². The Hall–Kier alpha value is -1.62. The summed E-state index contributed by atoms with van der Waals surface area (Å²) in [6.45, 7) is 1.75. The highest BCUT2D eigenvalue weighted by molar-refractivity contribution is 9.10. The van der Waals surface area contributed by atoms with Crippen LogP contribution in [0.25, 0.3) is 0 Å². The van der Waals surface area contributed by atoms with Crippen LogP contribution in [-0.2, 0) is 0 Å². The summed E-state index contributed by atoms with van der Waals surface area (Å²) >= 11 is 3.15. The molecule has 0 bridgehead atoms. The number of benzene rings is 2. The molecule has 98 valence electrons. The molecule has 0 saturated carbocycles. The molecule has 0 heterocycles. The third-order valence-electron chi connectivity index (χ3n) is 2.60. The van der Waals surface area contributed by atoms with Crippen molar-refractivity contribution in [3.63, 3.8) is 0 Å². The highest BCUT2D eigenvalue weighted by atomic mass is 79.9. The van der Waals surface area contributed by atoms with Gasteiger partial charge in [-0.15, -0.1) is 0 Å². The lowest BCUT2D eigenvalue weighted by Crippen LogP contribution is -2.09. The number of carbonyl (C=O) groups is 1. The van der Waals surface area contributed by atoms with Crippen LogP contribution in [0.3, 0.4) is 0 Å². The van der Waals surface area contributed by atoms with Gasteiger partial charge in [-0.2, -0.15) is 0 Å². The Labute approximate surface area is 116 Å². The van der Waals surface area contributed by atoms with Gasteiger partial charge in [-0.3, -0.25) is 4.79 Å². The van der Waals surface area contributed by atoms with E-state index in [4.69, 9.17) is 0 Å². The highest BCUT2D eigenvalue weighted by Gasteiger charge is 2.22. The van der Waals surface area contributed by atoms with E-state index >= 15 is 0 Å². The summed E-state index contributed by atoms with van der Waals surface area (Å²) in [5.41, 5.74) is 0.145. The van der Waals surface area contributed by atoms with Gasteiger partial charge in [0.1, 0.15) is 17.5 Å². The molecule has 2 aromatic carbocycles. The van der Waals surface area contributed by atoms with E-state index < -0.39 is 28.8 Å². The maximum absolute atomic E-state index is 13.6. The zero-order valence-corrected chi connectivity index (χ0v) is 11.4. The van der Waals surface area contributed by atoms with Crippen LogP contribution < -0.4 is 0 Å². The molecule has 0 amide bonds. The first kappa shape index (κ1) is 13.8. The monoisotopic (exact) mass is 328 g/mol. The van der Waals surface area contributed by atoms with Gasteiger partial charge in [0.2, 0.25) is 0 Å². The molecule has 0 spiro atoms. The predicted octanol–water partition coefficient (Wildman–Crippen LogP) is 4.41. The fourth-order valence-electron chi connectivity index (χ4n) is 1.71. The molecule has 0 unspecified atom stereocenters. The first-order valence-electron chi connectivity index (χ1n) is 5.35. The third-order valence-corrected chi connectivity index (χ3v) is 3.29. The Bertz CT molecular complexity index is 645. The topological polar surface area (TPSA) is 17.1 Å². The summed E-state index contributed by atoms with van der Waals surface area (Å²) < 4.78 is 40.4. The maximum Gasteiger partial charge on any atom is 0.200 e. The average Bonchev–Trinajstić information content (AvgIpc) is 2.30. The molecule has 2 rings (SSSR count). The van der Waals surface area contributed by atoms with Crippen molar-refractivity contribution in [2.45, 2.75) is 6.92 Å². The first-order valence-corrected chi connectivity index (χ1v) is 6.15. The smallest absolute Gasteiger partial charge is 0.200 e. The van der Waals surface area contributed by atoms with Gasteiger partial charge in [-0.1, -0.05) is 27.6 Å².